The lowest BCUT2D eigenvalue weighted by molar-refractivity contribution is -0.122. The number of hydrogen-bond acceptors (Lipinski definition) is 5. The molecule has 3 aromatic rings. The van der Waals surface area contributed by atoms with Gasteiger partial charge < -0.3 is 14.6 Å². The van der Waals surface area contributed by atoms with Crippen molar-refractivity contribution in [3.8, 4) is 0 Å². The second-order valence-corrected chi connectivity index (χ2v) is 6.92. The van der Waals surface area contributed by atoms with Crippen LogP contribution in [0.15, 0.2) is 53.5 Å². The number of carbonyl (C=O) groups is 2. The van der Waals surface area contributed by atoms with Gasteiger partial charge >= 0.3 is 0 Å². The molecule has 1 atom stereocenters. The first-order chi connectivity index (χ1) is 13.6. The Hall–Kier alpha value is -3.42. The Bertz CT molecular complexity index is 979. The van der Waals surface area contributed by atoms with Gasteiger partial charge in [0.25, 0.3) is 5.91 Å². The van der Waals surface area contributed by atoms with Gasteiger partial charge in [0.1, 0.15) is 5.76 Å². The predicted molar refractivity (Wildman–Crippen MR) is 100 cm³/mol. The number of furan rings is 1. The monoisotopic (exact) mass is 379 g/mol. The van der Waals surface area contributed by atoms with Crippen molar-refractivity contribution in [3.63, 3.8) is 0 Å². The SMILES string of the molecule is Cc1cncc(C(=O)N2Cc3ccnn3[C@@H](CC(=O)NCc3ccco3)C2)c1. The standard InChI is InChI=1S/C20H21N5O3/c1-14-7-15(10-21-9-14)20(27)24-12-16-4-5-23-25(16)17(13-24)8-19(26)22-11-18-3-2-6-28-18/h2-7,9-10,17H,8,11-13H2,1H3,(H,22,26)/t17-/m0/s1. The third kappa shape index (κ3) is 3.80. The summed E-state index contributed by atoms with van der Waals surface area (Å²) < 4.78 is 7.07. The maximum absolute atomic E-state index is 12.9. The van der Waals surface area contributed by atoms with E-state index in [1.165, 1.54) is 0 Å². The Labute approximate surface area is 162 Å². The highest BCUT2D eigenvalue weighted by Gasteiger charge is 2.30. The molecule has 0 radical (unpaired) electrons. The van der Waals surface area contributed by atoms with Crippen LogP contribution >= 0.6 is 0 Å². The summed E-state index contributed by atoms with van der Waals surface area (Å²) in [5, 5.41) is 7.20. The molecule has 144 valence electrons. The third-order valence-corrected chi connectivity index (χ3v) is 4.75. The van der Waals surface area contributed by atoms with Gasteiger partial charge in [0.2, 0.25) is 5.91 Å². The molecule has 8 nitrogen and oxygen atoms in total. The number of nitrogens with zero attached hydrogens (tertiary/aromatic N) is 4. The normalized spacial score (nSPS) is 15.9. The van der Waals surface area contributed by atoms with Crippen molar-refractivity contribution in [3.05, 3.63) is 71.7 Å². The molecular weight excluding hydrogens is 358 g/mol. The number of carbonyl (C=O) groups excluding carboxylic acids is 2. The quantitative estimate of drug-likeness (QED) is 0.733. The highest BCUT2D eigenvalue weighted by atomic mass is 16.3. The van der Waals surface area contributed by atoms with E-state index in [0.717, 1.165) is 11.3 Å². The average Bonchev–Trinajstić information content (AvgIpc) is 3.37. The molecule has 1 aliphatic rings. The number of hydrogen-bond donors (Lipinski definition) is 1. The first kappa shape index (κ1) is 18.0. The molecule has 8 heteroatoms. The largest absolute Gasteiger partial charge is 0.467 e. The molecular formula is C20H21N5O3. The molecule has 0 saturated carbocycles. The van der Waals surface area contributed by atoms with Crippen LogP contribution in [0.1, 0.15) is 39.8 Å². The van der Waals surface area contributed by atoms with Gasteiger partial charge in [-0.15, -0.1) is 0 Å². The minimum atomic E-state index is -0.225. The summed E-state index contributed by atoms with van der Waals surface area (Å²) in [4.78, 5) is 31.2. The van der Waals surface area contributed by atoms with E-state index in [1.807, 2.05) is 29.8 Å². The minimum Gasteiger partial charge on any atom is -0.467 e. The summed E-state index contributed by atoms with van der Waals surface area (Å²) in [6.45, 7) is 3.11. The lowest BCUT2D eigenvalue weighted by Gasteiger charge is -2.33. The van der Waals surface area contributed by atoms with Gasteiger partial charge in [0.05, 0.1) is 43.1 Å². The molecule has 0 saturated heterocycles. The van der Waals surface area contributed by atoms with Crippen LogP contribution in [-0.2, 0) is 17.9 Å². The van der Waals surface area contributed by atoms with Crippen LogP contribution in [0, 0.1) is 6.92 Å². The summed E-state index contributed by atoms with van der Waals surface area (Å²) in [5.41, 5.74) is 2.39. The number of nitrogens with one attached hydrogen (secondary N) is 1. The zero-order valence-corrected chi connectivity index (χ0v) is 15.5. The van der Waals surface area contributed by atoms with Crippen molar-refractivity contribution in [1.82, 2.24) is 25.0 Å². The molecule has 0 bridgehead atoms. The zero-order valence-electron chi connectivity index (χ0n) is 15.5. The van der Waals surface area contributed by atoms with Crippen LogP contribution in [0.4, 0.5) is 0 Å². The number of aromatic nitrogens is 3. The molecule has 0 aliphatic carbocycles. The highest BCUT2D eigenvalue weighted by Crippen LogP contribution is 2.24. The van der Waals surface area contributed by atoms with Crippen LogP contribution in [0.5, 0.6) is 0 Å². The number of rotatable bonds is 5. The Kier molecular flexibility index (Phi) is 4.92. The van der Waals surface area contributed by atoms with Gasteiger partial charge in [-0.3, -0.25) is 19.3 Å². The van der Waals surface area contributed by atoms with Crippen molar-refractivity contribution < 1.29 is 14.0 Å². The third-order valence-electron chi connectivity index (χ3n) is 4.75. The molecule has 1 aliphatic heterocycles. The van der Waals surface area contributed by atoms with Crippen LogP contribution in [-0.4, -0.2) is 38.0 Å². The summed E-state index contributed by atoms with van der Waals surface area (Å²) >= 11 is 0. The summed E-state index contributed by atoms with van der Waals surface area (Å²) in [6.07, 6.45) is 6.79. The number of fused-ring (bicyclic) bond motifs is 1. The highest BCUT2D eigenvalue weighted by molar-refractivity contribution is 5.94. The van der Waals surface area contributed by atoms with Crippen LogP contribution in [0.25, 0.3) is 0 Å². The Morgan fingerprint density at radius 2 is 2.21 bits per heavy atom. The van der Waals surface area contributed by atoms with Crippen LogP contribution in [0.3, 0.4) is 0 Å². The topological polar surface area (TPSA) is 93.3 Å². The van der Waals surface area contributed by atoms with Crippen molar-refractivity contribution in [2.45, 2.75) is 32.5 Å². The van der Waals surface area contributed by atoms with E-state index < -0.39 is 0 Å². The van der Waals surface area contributed by atoms with E-state index in [1.54, 1.807) is 35.8 Å². The second kappa shape index (κ2) is 7.67. The molecule has 4 rings (SSSR count). The van der Waals surface area contributed by atoms with Crippen molar-refractivity contribution in [2.24, 2.45) is 0 Å². The number of pyridine rings is 1. The Morgan fingerprint density at radius 1 is 1.32 bits per heavy atom. The van der Waals surface area contributed by atoms with Gasteiger partial charge in [0, 0.05) is 25.1 Å². The Morgan fingerprint density at radius 3 is 3.00 bits per heavy atom. The first-order valence-electron chi connectivity index (χ1n) is 9.12. The molecule has 1 N–H and O–H groups in total. The molecule has 0 unspecified atom stereocenters. The summed E-state index contributed by atoms with van der Waals surface area (Å²) in [6, 6.07) is 7.07. The van der Waals surface area contributed by atoms with Gasteiger partial charge in [-0.05, 0) is 36.8 Å². The molecule has 28 heavy (non-hydrogen) atoms. The number of amides is 2. The maximum Gasteiger partial charge on any atom is 0.255 e. The van der Waals surface area contributed by atoms with Gasteiger partial charge in [-0.1, -0.05) is 0 Å². The molecule has 3 aromatic heterocycles. The lowest BCUT2D eigenvalue weighted by atomic mass is 10.1. The van der Waals surface area contributed by atoms with E-state index in [4.69, 9.17) is 4.42 Å². The van der Waals surface area contributed by atoms with Gasteiger partial charge in [-0.2, -0.15) is 5.10 Å². The van der Waals surface area contributed by atoms with Crippen molar-refractivity contribution >= 4 is 11.8 Å². The summed E-state index contributed by atoms with van der Waals surface area (Å²) in [7, 11) is 0. The first-order valence-corrected chi connectivity index (χ1v) is 9.12. The molecule has 2 amide bonds. The summed E-state index contributed by atoms with van der Waals surface area (Å²) in [5.74, 6) is 0.486. The Balaban J connectivity index is 1.46. The van der Waals surface area contributed by atoms with Crippen LogP contribution in [0.2, 0.25) is 0 Å². The van der Waals surface area contributed by atoms with Crippen molar-refractivity contribution in [1.29, 1.82) is 0 Å². The van der Waals surface area contributed by atoms with E-state index in [0.29, 0.717) is 31.0 Å². The van der Waals surface area contributed by atoms with E-state index in [9.17, 15) is 9.59 Å². The predicted octanol–water partition coefficient (Wildman–Crippen LogP) is 2.08. The fourth-order valence-electron chi connectivity index (χ4n) is 3.43. The minimum absolute atomic E-state index is 0.0929. The lowest BCUT2D eigenvalue weighted by Crippen LogP contribution is -2.43. The molecule has 0 fully saturated rings. The zero-order chi connectivity index (χ0) is 19.5. The average molecular weight is 379 g/mol. The van der Waals surface area contributed by atoms with E-state index in [2.05, 4.69) is 15.4 Å². The molecule has 0 spiro atoms. The van der Waals surface area contributed by atoms with Gasteiger partial charge in [0.15, 0.2) is 0 Å². The van der Waals surface area contributed by atoms with E-state index in [-0.39, 0.29) is 24.3 Å². The maximum atomic E-state index is 12.9. The second-order valence-electron chi connectivity index (χ2n) is 6.92. The fraction of sp³-hybridized carbons (Fsp3) is 0.300. The van der Waals surface area contributed by atoms with Gasteiger partial charge in [-0.25, -0.2) is 0 Å². The number of aryl methyl sites for hydroxylation is 1. The van der Waals surface area contributed by atoms with E-state index >= 15 is 0 Å². The molecule has 0 aromatic carbocycles. The van der Waals surface area contributed by atoms with Crippen molar-refractivity contribution in [2.75, 3.05) is 6.54 Å². The van der Waals surface area contributed by atoms with Crippen LogP contribution < -0.4 is 5.32 Å². The fourth-order valence-corrected chi connectivity index (χ4v) is 3.43. The molecule has 4 heterocycles. The smallest absolute Gasteiger partial charge is 0.255 e.